The molecule has 6 nitrogen and oxygen atoms in total. The molecule has 0 radical (unpaired) electrons. The van der Waals surface area contributed by atoms with Gasteiger partial charge in [-0.1, -0.05) is 28.9 Å². The third kappa shape index (κ3) is 3.08. The molecule has 0 amide bonds. The van der Waals surface area contributed by atoms with Crippen molar-refractivity contribution in [1.29, 1.82) is 0 Å². The number of nitrogens with zero attached hydrogens (tertiary/aromatic N) is 4. The van der Waals surface area contributed by atoms with Gasteiger partial charge in [0.2, 0.25) is 0 Å². The second-order valence-corrected chi connectivity index (χ2v) is 7.00. The first-order valence-electron chi connectivity index (χ1n) is 7.67. The van der Waals surface area contributed by atoms with Crippen molar-refractivity contribution in [2.45, 2.75) is 6.04 Å². The van der Waals surface area contributed by atoms with Gasteiger partial charge >= 0.3 is 0 Å². The Kier molecular flexibility index (Phi) is 4.32. The highest BCUT2D eigenvalue weighted by Crippen LogP contribution is 2.29. The number of hydrogen-bond donors (Lipinski definition) is 1. The molecule has 3 heterocycles. The van der Waals surface area contributed by atoms with Crippen molar-refractivity contribution in [1.82, 2.24) is 25.3 Å². The predicted molar refractivity (Wildman–Crippen MR) is 94.1 cm³/mol. The lowest BCUT2D eigenvalue weighted by Crippen LogP contribution is -2.44. The molecule has 1 aliphatic heterocycles. The van der Waals surface area contributed by atoms with Crippen LogP contribution in [0.2, 0.25) is 5.02 Å². The molecule has 1 fully saturated rings. The van der Waals surface area contributed by atoms with E-state index in [-0.39, 0.29) is 6.04 Å². The van der Waals surface area contributed by atoms with Crippen LogP contribution in [0.5, 0.6) is 0 Å². The summed E-state index contributed by atoms with van der Waals surface area (Å²) in [6.45, 7) is 2.77. The van der Waals surface area contributed by atoms with Crippen LogP contribution in [-0.2, 0) is 0 Å². The van der Waals surface area contributed by atoms with Gasteiger partial charge in [-0.05, 0) is 19.2 Å². The lowest BCUT2D eigenvalue weighted by molar-refractivity contribution is 0.190. The Morgan fingerprint density at radius 3 is 2.92 bits per heavy atom. The third-order valence-corrected chi connectivity index (χ3v) is 5.21. The van der Waals surface area contributed by atoms with Crippen LogP contribution in [-0.4, -0.2) is 46.7 Å². The minimum absolute atomic E-state index is 0.130. The van der Waals surface area contributed by atoms with Gasteiger partial charge < -0.3 is 9.84 Å². The number of hydrogen-bond acceptors (Lipinski definition) is 7. The molecule has 0 aliphatic carbocycles. The molecule has 1 aromatic carbocycles. The Morgan fingerprint density at radius 1 is 1.29 bits per heavy atom. The summed E-state index contributed by atoms with van der Waals surface area (Å²) in [6.07, 6.45) is 0. The molecule has 0 spiro atoms. The van der Waals surface area contributed by atoms with Gasteiger partial charge in [0.25, 0.3) is 5.89 Å². The fourth-order valence-electron chi connectivity index (χ4n) is 2.67. The normalized spacial score (nSPS) is 18.8. The highest BCUT2D eigenvalue weighted by Gasteiger charge is 2.26. The van der Waals surface area contributed by atoms with Gasteiger partial charge in [0.05, 0.1) is 6.04 Å². The summed E-state index contributed by atoms with van der Waals surface area (Å²) in [4.78, 5) is 11.4. The van der Waals surface area contributed by atoms with Crippen LogP contribution in [0.4, 0.5) is 0 Å². The van der Waals surface area contributed by atoms with Gasteiger partial charge in [-0.15, -0.1) is 11.3 Å². The van der Waals surface area contributed by atoms with E-state index in [0.29, 0.717) is 22.4 Å². The first kappa shape index (κ1) is 15.7. The van der Waals surface area contributed by atoms with Crippen molar-refractivity contribution in [2.75, 3.05) is 26.7 Å². The van der Waals surface area contributed by atoms with E-state index in [1.165, 1.54) is 0 Å². The highest BCUT2D eigenvalue weighted by atomic mass is 35.5. The smallest absolute Gasteiger partial charge is 0.277 e. The van der Waals surface area contributed by atoms with Crippen LogP contribution in [0, 0.1) is 0 Å². The van der Waals surface area contributed by atoms with Crippen molar-refractivity contribution in [3.05, 3.63) is 40.5 Å². The van der Waals surface area contributed by atoms with E-state index in [2.05, 4.69) is 32.4 Å². The topological polar surface area (TPSA) is 67.1 Å². The maximum absolute atomic E-state index is 5.93. The second-order valence-electron chi connectivity index (χ2n) is 5.70. The average molecular weight is 362 g/mol. The first-order chi connectivity index (χ1) is 11.7. The lowest BCUT2D eigenvalue weighted by Gasteiger charge is -2.30. The van der Waals surface area contributed by atoms with Crippen molar-refractivity contribution in [3.63, 3.8) is 0 Å². The monoisotopic (exact) mass is 361 g/mol. The van der Waals surface area contributed by atoms with Crippen molar-refractivity contribution in [2.24, 2.45) is 0 Å². The molecule has 1 N–H and O–H groups in total. The molecule has 3 aromatic rings. The summed E-state index contributed by atoms with van der Waals surface area (Å²) in [5, 5.41) is 11.0. The van der Waals surface area contributed by atoms with E-state index in [4.69, 9.17) is 16.1 Å². The third-order valence-electron chi connectivity index (χ3n) is 4.07. The first-order valence-corrected chi connectivity index (χ1v) is 8.93. The van der Waals surface area contributed by atoms with Gasteiger partial charge in [-0.2, -0.15) is 4.98 Å². The quantitative estimate of drug-likeness (QED) is 0.773. The second kappa shape index (κ2) is 6.60. The molecule has 1 unspecified atom stereocenters. The van der Waals surface area contributed by atoms with Crippen LogP contribution in [0.15, 0.2) is 34.2 Å². The molecular formula is C16H16ClN5OS. The zero-order valence-electron chi connectivity index (χ0n) is 13.1. The Labute approximate surface area is 148 Å². The molecule has 1 aliphatic rings. The number of benzene rings is 1. The van der Waals surface area contributed by atoms with E-state index in [9.17, 15) is 0 Å². The number of halogens is 1. The van der Waals surface area contributed by atoms with Gasteiger partial charge in [0, 0.05) is 35.6 Å². The fourth-order valence-corrected chi connectivity index (χ4v) is 3.59. The number of rotatable bonds is 3. The maximum Gasteiger partial charge on any atom is 0.277 e. The van der Waals surface area contributed by atoms with E-state index < -0.39 is 0 Å². The summed E-state index contributed by atoms with van der Waals surface area (Å²) >= 11 is 7.47. The van der Waals surface area contributed by atoms with Crippen LogP contribution < -0.4 is 5.32 Å². The van der Waals surface area contributed by atoms with E-state index in [1.807, 2.05) is 29.6 Å². The Bertz CT molecular complexity index is 831. The SMILES string of the molecule is CN1CCNCC1c1noc(-c2csc(-c3ccc(Cl)cc3)n2)n1. The van der Waals surface area contributed by atoms with Crippen LogP contribution in [0.25, 0.3) is 22.2 Å². The largest absolute Gasteiger partial charge is 0.332 e. The Morgan fingerprint density at radius 2 is 2.12 bits per heavy atom. The summed E-state index contributed by atoms with van der Waals surface area (Å²) in [7, 11) is 2.07. The van der Waals surface area contributed by atoms with Crippen LogP contribution in [0.3, 0.4) is 0 Å². The van der Waals surface area contributed by atoms with Crippen LogP contribution >= 0.6 is 22.9 Å². The predicted octanol–water partition coefficient (Wildman–Crippen LogP) is 3.09. The number of aromatic nitrogens is 3. The summed E-state index contributed by atoms with van der Waals surface area (Å²) < 4.78 is 5.43. The Balaban J connectivity index is 1.58. The molecule has 2 aromatic heterocycles. The zero-order valence-corrected chi connectivity index (χ0v) is 14.6. The van der Waals surface area contributed by atoms with Crippen molar-refractivity contribution < 1.29 is 4.52 Å². The minimum atomic E-state index is 0.130. The molecular weight excluding hydrogens is 346 g/mol. The molecule has 0 bridgehead atoms. The molecule has 0 saturated carbocycles. The van der Waals surface area contributed by atoms with Crippen molar-refractivity contribution in [3.8, 4) is 22.2 Å². The average Bonchev–Trinajstić information content (AvgIpc) is 3.25. The molecule has 124 valence electrons. The number of piperazine rings is 1. The van der Waals surface area contributed by atoms with E-state index in [0.717, 1.165) is 30.2 Å². The zero-order chi connectivity index (χ0) is 16.5. The number of nitrogens with one attached hydrogen (secondary N) is 1. The standard InChI is InChI=1S/C16H16ClN5OS/c1-22-7-6-18-8-13(22)14-20-15(23-21-14)12-9-24-16(19-12)10-2-4-11(17)5-3-10/h2-5,9,13,18H,6-8H2,1H3. The lowest BCUT2D eigenvalue weighted by atomic mass is 10.2. The van der Waals surface area contributed by atoms with E-state index >= 15 is 0 Å². The molecule has 1 saturated heterocycles. The summed E-state index contributed by atoms with van der Waals surface area (Å²) in [5.74, 6) is 1.15. The summed E-state index contributed by atoms with van der Waals surface area (Å²) in [5.41, 5.74) is 1.72. The Hall–Kier alpha value is -1.80. The van der Waals surface area contributed by atoms with Gasteiger partial charge in [0.1, 0.15) is 10.7 Å². The minimum Gasteiger partial charge on any atom is -0.332 e. The maximum atomic E-state index is 5.93. The molecule has 1 atom stereocenters. The van der Waals surface area contributed by atoms with E-state index in [1.54, 1.807) is 11.3 Å². The fraction of sp³-hybridized carbons (Fsp3) is 0.312. The van der Waals surface area contributed by atoms with Gasteiger partial charge in [-0.3, -0.25) is 4.90 Å². The van der Waals surface area contributed by atoms with Crippen molar-refractivity contribution >= 4 is 22.9 Å². The number of thiazole rings is 1. The molecule has 4 rings (SSSR count). The van der Waals surface area contributed by atoms with Gasteiger partial charge in [0.15, 0.2) is 5.82 Å². The van der Waals surface area contributed by atoms with Crippen LogP contribution in [0.1, 0.15) is 11.9 Å². The highest BCUT2D eigenvalue weighted by molar-refractivity contribution is 7.13. The number of likely N-dealkylation sites (N-methyl/N-ethyl adjacent to an activating group) is 1. The molecule has 24 heavy (non-hydrogen) atoms. The summed E-state index contributed by atoms with van der Waals surface area (Å²) in [6, 6.07) is 7.74. The van der Waals surface area contributed by atoms with Gasteiger partial charge in [-0.25, -0.2) is 4.98 Å². The molecule has 8 heteroatoms.